The number of methoxy groups -OCH3 is 1. The van der Waals surface area contributed by atoms with Crippen LogP contribution in [0, 0.1) is 22.9 Å². The predicted octanol–water partition coefficient (Wildman–Crippen LogP) is 5.60. The van der Waals surface area contributed by atoms with Crippen LogP contribution >= 0.6 is 35.0 Å². The van der Waals surface area contributed by atoms with Crippen molar-refractivity contribution in [2.75, 3.05) is 30.3 Å². The molecule has 0 aliphatic rings. The summed E-state index contributed by atoms with van der Waals surface area (Å²) >= 11 is 13.5. The number of rotatable bonds is 12. The third-order valence-electron chi connectivity index (χ3n) is 5.54. The van der Waals surface area contributed by atoms with Crippen LogP contribution in [0.15, 0.2) is 59.5 Å². The van der Waals surface area contributed by atoms with Gasteiger partial charge in [-0.05, 0) is 43.3 Å². The number of halogens is 3. The zero-order valence-electron chi connectivity index (χ0n) is 20.8. The highest BCUT2D eigenvalue weighted by atomic mass is 35.5. The van der Waals surface area contributed by atoms with Gasteiger partial charge in [0.1, 0.15) is 18.1 Å². The van der Waals surface area contributed by atoms with E-state index in [2.05, 4.69) is 5.32 Å². The van der Waals surface area contributed by atoms with Crippen molar-refractivity contribution in [3.8, 4) is 5.75 Å². The molecule has 1 amide bonds. The van der Waals surface area contributed by atoms with Crippen molar-refractivity contribution in [3.63, 3.8) is 0 Å². The number of anilines is 1. The number of hydrogen-bond donors (Lipinski definition) is 1. The first-order valence-corrected chi connectivity index (χ1v) is 14.7. The molecule has 0 fully saturated rings. The molecule has 0 saturated heterocycles. The van der Waals surface area contributed by atoms with E-state index < -0.39 is 33.2 Å². The standard InChI is InChI=1S/C25H24Cl2FN3O6S2/c1-16-6-8-18(13-22(16)31(33)34)39(35,36)30(23-12-17(26)7-9-24(23)37-2)14-25(32)29-10-11-38-15-19-20(27)4-3-5-21(19)28/h3-9,12-13H,10-11,14-15H2,1-2H3,(H,29,32). The number of nitrogens with one attached hydrogen (secondary N) is 1. The zero-order chi connectivity index (χ0) is 28.7. The molecular formula is C25H24Cl2FN3O6S2. The largest absolute Gasteiger partial charge is 0.495 e. The highest BCUT2D eigenvalue weighted by molar-refractivity contribution is 7.98. The van der Waals surface area contributed by atoms with E-state index in [1.807, 2.05) is 0 Å². The first-order chi connectivity index (χ1) is 18.4. The van der Waals surface area contributed by atoms with Gasteiger partial charge in [0.05, 0.1) is 22.6 Å². The molecule has 0 bridgehead atoms. The van der Waals surface area contributed by atoms with Gasteiger partial charge in [0.2, 0.25) is 5.91 Å². The van der Waals surface area contributed by atoms with Gasteiger partial charge in [-0.15, -0.1) is 0 Å². The highest BCUT2D eigenvalue weighted by Crippen LogP contribution is 2.35. The Bertz CT molecular complexity index is 1470. The first kappa shape index (κ1) is 30.5. The number of thioether (sulfide) groups is 1. The van der Waals surface area contributed by atoms with Gasteiger partial charge < -0.3 is 10.1 Å². The Morgan fingerprint density at radius 3 is 2.59 bits per heavy atom. The Morgan fingerprint density at radius 1 is 1.18 bits per heavy atom. The number of aryl methyl sites for hydroxylation is 1. The quantitative estimate of drug-likeness (QED) is 0.160. The van der Waals surface area contributed by atoms with Crippen molar-refractivity contribution >= 4 is 62.3 Å². The van der Waals surface area contributed by atoms with Crippen molar-refractivity contribution in [2.45, 2.75) is 17.6 Å². The molecule has 9 nitrogen and oxygen atoms in total. The topological polar surface area (TPSA) is 119 Å². The van der Waals surface area contributed by atoms with Crippen molar-refractivity contribution in [1.29, 1.82) is 0 Å². The van der Waals surface area contributed by atoms with Gasteiger partial charge in [0.15, 0.2) is 0 Å². The molecule has 1 N–H and O–H groups in total. The molecule has 0 saturated carbocycles. The Kier molecular flexibility index (Phi) is 10.4. The summed E-state index contributed by atoms with van der Waals surface area (Å²) in [5.74, 6) is -0.269. The lowest BCUT2D eigenvalue weighted by Crippen LogP contribution is -2.41. The maximum atomic E-state index is 13.9. The van der Waals surface area contributed by atoms with E-state index in [0.717, 1.165) is 10.4 Å². The van der Waals surface area contributed by atoms with Crippen molar-refractivity contribution < 1.29 is 27.3 Å². The van der Waals surface area contributed by atoms with Gasteiger partial charge in [-0.25, -0.2) is 12.8 Å². The van der Waals surface area contributed by atoms with Gasteiger partial charge >= 0.3 is 0 Å². The normalized spacial score (nSPS) is 11.2. The summed E-state index contributed by atoms with van der Waals surface area (Å²) in [5.41, 5.74) is 0.225. The smallest absolute Gasteiger partial charge is 0.273 e. The summed E-state index contributed by atoms with van der Waals surface area (Å²) in [6, 6.07) is 12.1. The van der Waals surface area contributed by atoms with Crippen LogP contribution in [0.2, 0.25) is 10.0 Å². The molecule has 0 radical (unpaired) electrons. The molecule has 14 heteroatoms. The number of benzene rings is 3. The van der Waals surface area contributed by atoms with E-state index >= 15 is 0 Å². The molecule has 39 heavy (non-hydrogen) atoms. The van der Waals surface area contributed by atoms with E-state index in [1.54, 1.807) is 6.07 Å². The molecular weight excluding hydrogens is 592 g/mol. The summed E-state index contributed by atoms with van der Waals surface area (Å²) in [6.07, 6.45) is 0. The fourth-order valence-electron chi connectivity index (χ4n) is 3.52. The minimum absolute atomic E-state index is 0.0213. The minimum Gasteiger partial charge on any atom is -0.495 e. The summed E-state index contributed by atoms with van der Waals surface area (Å²) < 4.78 is 47.4. The van der Waals surface area contributed by atoms with Crippen LogP contribution in [0.25, 0.3) is 0 Å². The molecule has 0 unspecified atom stereocenters. The number of sulfonamides is 1. The van der Waals surface area contributed by atoms with Gasteiger partial charge in [-0.1, -0.05) is 35.3 Å². The summed E-state index contributed by atoms with van der Waals surface area (Å²) in [7, 11) is -3.16. The average Bonchev–Trinajstić information content (AvgIpc) is 2.88. The number of amides is 1. The Morgan fingerprint density at radius 2 is 1.92 bits per heavy atom. The van der Waals surface area contributed by atoms with Gasteiger partial charge in [0, 0.05) is 45.3 Å². The molecule has 0 atom stereocenters. The van der Waals surface area contributed by atoms with Gasteiger partial charge in [0.25, 0.3) is 15.7 Å². The van der Waals surface area contributed by atoms with Crippen molar-refractivity contribution in [3.05, 3.63) is 91.7 Å². The van der Waals surface area contributed by atoms with Gasteiger partial charge in [-0.3, -0.25) is 19.2 Å². The second kappa shape index (κ2) is 13.3. The molecule has 0 aromatic heterocycles. The summed E-state index contributed by atoms with van der Waals surface area (Å²) in [6.45, 7) is 0.981. The van der Waals surface area contributed by atoms with Crippen molar-refractivity contribution in [2.24, 2.45) is 0 Å². The first-order valence-electron chi connectivity index (χ1n) is 11.3. The maximum Gasteiger partial charge on any atom is 0.273 e. The molecule has 3 aromatic carbocycles. The molecule has 3 aromatic rings. The highest BCUT2D eigenvalue weighted by Gasteiger charge is 2.31. The van der Waals surface area contributed by atoms with E-state index in [-0.39, 0.29) is 44.9 Å². The predicted molar refractivity (Wildman–Crippen MR) is 151 cm³/mol. The maximum absolute atomic E-state index is 13.9. The van der Waals surface area contributed by atoms with Crippen LogP contribution in [0.5, 0.6) is 5.75 Å². The lowest BCUT2D eigenvalue weighted by molar-refractivity contribution is -0.385. The molecule has 208 valence electrons. The Balaban J connectivity index is 1.81. The van der Waals surface area contributed by atoms with Gasteiger partial charge in [-0.2, -0.15) is 11.8 Å². The van der Waals surface area contributed by atoms with Crippen molar-refractivity contribution in [1.82, 2.24) is 5.32 Å². The number of ether oxygens (including phenoxy) is 1. The van der Waals surface area contributed by atoms with Crippen LogP contribution in [0.1, 0.15) is 11.1 Å². The second-order valence-corrected chi connectivity index (χ2v) is 11.9. The third kappa shape index (κ3) is 7.53. The number of carbonyl (C=O) groups is 1. The molecule has 0 heterocycles. The van der Waals surface area contributed by atoms with Crippen LogP contribution in [-0.4, -0.2) is 45.2 Å². The summed E-state index contributed by atoms with van der Waals surface area (Å²) in [5, 5.41) is 14.6. The fourth-order valence-corrected chi connectivity index (χ4v) is 6.33. The molecule has 3 rings (SSSR count). The molecule has 0 aliphatic carbocycles. The second-order valence-electron chi connectivity index (χ2n) is 8.14. The van der Waals surface area contributed by atoms with E-state index in [4.69, 9.17) is 27.9 Å². The van der Waals surface area contributed by atoms with Crippen LogP contribution in [0.4, 0.5) is 15.8 Å². The van der Waals surface area contributed by atoms with Crippen LogP contribution in [0.3, 0.4) is 0 Å². The van der Waals surface area contributed by atoms with Crippen LogP contribution < -0.4 is 14.4 Å². The average molecular weight is 617 g/mol. The Hall–Kier alpha value is -3.06. The van der Waals surface area contributed by atoms with E-state index in [9.17, 15) is 27.7 Å². The number of nitrogens with zero attached hydrogens (tertiary/aromatic N) is 2. The van der Waals surface area contributed by atoms with Crippen LogP contribution in [-0.2, 0) is 20.6 Å². The number of carbonyl (C=O) groups excluding carboxylic acids is 1. The number of nitro groups is 1. The lowest BCUT2D eigenvalue weighted by atomic mass is 10.2. The minimum atomic E-state index is -4.48. The van der Waals surface area contributed by atoms with E-state index in [0.29, 0.717) is 16.3 Å². The summed E-state index contributed by atoms with van der Waals surface area (Å²) in [4.78, 5) is 23.2. The zero-order valence-corrected chi connectivity index (χ0v) is 24.0. The monoisotopic (exact) mass is 615 g/mol. The SMILES string of the molecule is COc1ccc(Cl)cc1N(CC(=O)NCCSCc1c(F)cccc1Cl)S(=O)(=O)c1ccc(C)c([N+](=O)[O-])c1. The number of hydrogen-bond acceptors (Lipinski definition) is 7. The molecule has 0 aliphatic heterocycles. The Labute approximate surface area is 239 Å². The van der Waals surface area contributed by atoms with E-state index in [1.165, 1.54) is 68.3 Å². The number of nitro benzene ring substituents is 1. The fraction of sp³-hybridized carbons (Fsp3) is 0.240. The third-order valence-corrected chi connectivity index (χ3v) is 8.87. The molecule has 0 spiro atoms. The lowest BCUT2D eigenvalue weighted by Gasteiger charge is -2.26.